The molecule has 3 rings (SSSR count). The summed E-state index contributed by atoms with van der Waals surface area (Å²) < 4.78 is 4.90. The summed E-state index contributed by atoms with van der Waals surface area (Å²) in [5, 5.41) is 4.66. The first-order valence-corrected chi connectivity index (χ1v) is 8.92. The zero-order valence-electron chi connectivity index (χ0n) is 13.6. The average Bonchev–Trinajstić information content (AvgIpc) is 3.27. The first-order chi connectivity index (χ1) is 12.1. The van der Waals surface area contributed by atoms with Crippen molar-refractivity contribution in [3.05, 3.63) is 46.7 Å². The molecule has 0 atom stereocenters. The molecule has 25 heavy (non-hydrogen) atoms. The van der Waals surface area contributed by atoms with E-state index in [1.807, 2.05) is 11.4 Å². The van der Waals surface area contributed by atoms with E-state index in [4.69, 9.17) is 4.74 Å². The third-order valence-corrected chi connectivity index (χ3v) is 4.74. The maximum absolute atomic E-state index is 12.0. The Labute approximate surface area is 149 Å². The van der Waals surface area contributed by atoms with E-state index < -0.39 is 0 Å². The van der Waals surface area contributed by atoms with Gasteiger partial charge >= 0.3 is 6.09 Å². The van der Waals surface area contributed by atoms with Gasteiger partial charge in [-0.1, -0.05) is 6.07 Å². The van der Waals surface area contributed by atoms with Gasteiger partial charge in [0.15, 0.2) is 5.78 Å². The Hall–Kier alpha value is -2.67. The SMILES string of the molecule is O=C(CCCC(=O)c1cccs1)Nc1ccc(N2CCOC2=O)cc1. The van der Waals surface area contributed by atoms with Crippen LogP contribution in [0.25, 0.3) is 0 Å². The smallest absolute Gasteiger partial charge is 0.414 e. The lowest BCUT2D eigenvalue weighted by Gasteiger charge is -2.13. The summed E-state index contributed by atoms with van der Waals surface area (Å²) in [5.41, 5.74) is 1.40. The van der Waals surface area contributed by atoms with E-state index in [2.05, 4.69) is 5.32 Å². The molecule has 1 saturated heterocycles. The third-order valence-electron chi connectivity index (χ3n) is 3.83. The number of carbonyl (C=O) groups is 3. The number of cyclic esters (lactones) is 1. The molecule has 130 valence electrons. The van der Waals surface area contributed by atoms with Crippen LogP contribution in [-0.4, -0.2) is 30.9 Å². The zero-order chi connectivity index (χ0) is 17.6. The van der Waals surface area contributed by atoms with Crippen LogP contribution in [0.1, 0.15) is 28.9 Å². The van der Waals surface area contributed by atoms with Gasteiger partial charge < -0.3 is 10.1 Å². The van der Waals surface area contributed by atoms with Crippen LogP contribution >= 0.6 is 11.3 Å². The molecule has 1 N–H and O–H groups in total. The Bertz CT molecular complexity index is 756. The summed E-state index contributed by atoms with van der Waals surface area (Å²) in [7, 11) is 0. The average molecular weight is 358 g/mol. The highest BCUT2D eigenvalue weighted by Gasteiger charge is 2.23. The summed E-state index contributed by atoms with van der Waals surface area (Å²) in [4.78, 5) is 37.6. The molecular formula is C18H18N2O4S. The molecule has 1 aliphatic heterocycles. The van der Waals surface area contributed by atoms with E-state index in [1.165, 1.54) is 11.3 Å². The number of amides is 2. The van der Waals surface area contributed by atoms with Crippen LogP contribution in [0, 0.1) is 0 Å². The maximum Gasteiger partial charge on any atom is 0.414 e. The van der Waals surface area contributed by atoms with Crippen molar-refractivity contribution in [2.24, 2.45) is 0 Å². The Kier molecular flexibility index (Phi) is 5.45. The summed E-state index contributed by atoms with van der Waals surface area (Å²) >= 11 is 1.42. The number of benzene rings is 1. The van der Waals surface area contributed by atoms with Gasteiger partial charge in [-0.3, -0.25) is 14.5 Å². The second kappa shape index (κ2) is 7.94. The molecule has 1 aromatic carbocycles. The maximum atomic E-state index is 12.0. The first kappa shape index (κ1) is 17.2. The molecule has 1 aromatic heterocycles. The fourth-order valence-corrected chi connectivity index (χ4v) is 3.24. The largest absolute Gasteiger partial charge is 0.447 e. The van der Waals surface area contributed by atoms with E-state index in [1.54, 1.807) is 35.2 Å². The monoisotopic (exact) mass is 358 g/mol. The van der Waals surface area contributed by atoms with Crippen LogP contribution in [0.15, 0.2) is 41.8 Å². The number of rotatable bonds is 7. The summed E-state index contributed by atoms with van der Waals surface area (Å²) in [5.74, 6) is -0.0584. The van der Waals surface area contributed by atoms with Crippen molar-refractivity contribution in [3.8, 4) is 0 Å². The van der Waals surface area contributed by atoms with Crippen molar-refractivity contribution in [2.45, 2.75) is 19.3 Å². The number of carbonyl (C=O) groups excluding carboxylic acids is 3. The summed E-state index contributed by atoms with van der Waals surface area (Å²) in [6.07, 6.45) is 0.814. The Morgan fingerprint density at radius 2 is 1.96 bits per heavy atom. The van der Waals surface area contributed by atoms with Crippen molar-refractivity contribution in [3.63, 3.8) is 0 Å². The van der Waals surface area contributed by atoms with E-state index in [0.29, 0.717) is 31.7 Å². The molecule has 2 heterocycles. The van der Waals surface area contributed by atoms with Gasteiger partial charge in [-0.25, -0.2) is 4.79 Å². The number of nitrogens with one attached hydrogen (secondary N) is 1. The molecule has 6 nitrogen and oxygen atoms in total. The van der Waals surface area contributed by atoms with Gasteiger partial charge in [0.1, 0.15) is 6.61 Å². The van der Waals surface area contributed by atoms with Crippen LogP contribution in [0.3, 0.4) is 0 Å². The minimum absolute atomic E-state index is 0.0738. The standard InChI is InChI=1S/C18H18N2O4S/c21-15(16-4-2-12-25-16)3-1-5-17(22)19-13-6-8-14(9-7-13)20-10-11-24-18(20)23/h2,4,6-9,12H,1,3,5,10-11H2,(H,19,22). The van der Waals surface area contributed by atoms with E-state index in [0.717, 1.165) is 10.6 Å². The van der Waals surface area contributed by atoms with Gasteiger partial charge in [0.25, 0.3) is 0 Å². The molecule has 0 unspecified atom stereocenters. The number of hydrogen-bond acceptors (Lipinski definition) is 5. The molecule has 0 radical (unpaired) electrons. The highest BCUT2D eigenvalue weighted by molar-refractivity contribution is 7.12. The van der Waals surface area contributed by atoms with Gasteiger partial charge in [0, 0.05) is 24.2 Å². The summed E-state index contributed by atoms with van der Waals surface area (Å²) in [6.45, 7) is 0.921. The predicted molar refractivity (Wildman–Crippen MR) is 96.3 cm³/mol. The predicted octanol–water partition coefficient (Wildman–Crippen LogP) is 3.70. The molecule has 0 spiro atoms. The molecule has 1 fully saturated rings. The molecule has 7 heteroatoms. The Balaban J connectivity index is 1.45. The van der Waals surface area contributed by atoms with Gasteiger partial charge in [-0.15, -0.1) is 11.3 Å². The molecule has 0 bridgehead atoms. The molecule has 0 saturated carbocycles. The van der Waals surface area contributed by atoms with Crippen molar-refractivity contribution < 1.29 is 19.1 Å². The van der Waals surface area contributed by atoms with Crippen molar-refractivity contribution in [2.75, 3.05) is 23.4 Å². The zero-order valence-corrected chi connectivity index (χ0v) is 14.4. The number of anilines is 2. The van der Waals surface area contributed by atoms with Gasteiger partial charge in [-0.05, 0) is 42.1 Å². The van der Waals surface area contributed by atoms with E-state index >= 15 is 0 Å². The van der Waals surface area contributed by atoms with Crippen LogP contribution < -0.4 is 10.2 Å². The number of nitrogens with zero attached hydrogens (tertiary/aromatic N) is 1. The highest BCUT2D eigenvalue weighted by atomic mass is 32.1. The number of Topliss-reactive ketones (excluding diaryl/α,β-unsaturated/α-hetero) is 1. The Morgan fingerprint density at radius 1 is 1.16 bits per heavy atom. The minimum atomic E-state index is -0.354. The van der Waals surface area contributed by atoms with Crippen LogP contribution in [0.5, 0.6) is 0 Å². The fourth-order valence-electron chi connectivity index (χ4n) is 2.55. The third kappa shape index (κ3) is 4.45. The van der Waals surface area contributed by atoms with Crippen LogP contribution in [0.2, 0.25) is 0 Å². The second-order valence-electron chi connectivity index (χ2n) is 5.62. The molecule has 2 amide bonds. The highest BCUT2D eigenvalue weighted by Crippen LogP contribution is 2.21. The lowest BCUT2D eigenvalue weighted by Crippen LogP contribution is -2.23. The van der Waals surface area contributed by atoms with E-state index in [9.17, 15) is 14.4 Å². The first-order valence-electron chi connectivity index (χ1n) is 8.04. The molecule has 1 aliphatic rings. The van der Waals surface area contributed by atoms with Crippen molar-refractivity contribution in [1.29, 1.82) is 0 Å². The van der Waals surface area contributed by atoms with E-state index in [-0.39, 0.29) is 24.2 Å². The van der Waals surface area contributed by atoms with Crippen LogP contribution in [-0.2, 0) is 9.53 Å². The fraction of sp³-hybridized carbons (Fsp3) is 0.278. The van der Waals surface area contributed by atoms with Gasteiger partial charge in [0.2, 0.25) is 5.91 Å². The second-order valence-corrected chi connectivity index (χ2v) is 6.56. The van der Waals surface area contributed by atoms with Crippen LogP contribution in [0.4, 0.5) is 16.2 Å². The summed E-state index contributed by atoms with van der Waals surface area (Å²) in [6, 6.07) is 10.7. The minimum Gasteiger partial charge on any atom is -0.447 e. The van der Waals surface area contributed by atoms with Gasteiger partial charge in [-0.2, -0.15) is 0 Å². The number of ether oxygens (including phenoxy) is 1. The van der Waals surface area contributed by atoms with Crippen molar-refractivity contribution >= 4 is 40.5 Å². The molecule has 0 aliphatic carbocycles. The van der Waals surface area contributed by atoms with Gasteiger partial charge in [0.05, 0.1) is 11.4 Å². The topological polar surface area (TPSA) is 75.7 Å². The van der Waals surface area contributed by atoms with Crippen molar-refractivity contribution in [1.82, 2.24) is 0 Å². The lowest BCUT2D eigenvalue weighted by atomic mass is 10.1. The molecule has 2 aromatic rings. The number of thiophene rings is 1. The lowest BCUT2D eigenvalue weighted by molar-refractivity contribution is -0.116. The molecular weight excluding hydrogens is 340 g/mol. The number of ketones is 1. The quantitative estimate of drug-likeness (QED) is 0.766. The Morgan fingerprint density at radius 3 is 2.60 bits per heavy atom. The normalized spacial score (nSPS) is 13.6. The number of hydrogen-bond donors (Lipinski definition) is 1.